The molecule has 2 aromatic rings. The first-order chi connectivity index (χ1) is 12.3. The van der Waals surface area contributed by atoms with Crippen molar-refractivity contribution in [2.45, 2.75) is 37.9 Å². The predicted octanol–water partition coefficient (Wildman–Crippen LogP) is 3.15. The fourth-order valence-corrected chi connectivity index (χ4v) is 3.26. The molecular weight excluding hydrogens is 316 g/mol. The topological polar surface area (TPSA) is 44.8 Å². The number of ether oxygens (including phenoxy) is 3. The Morgan fingerprint density at radius 3 is 2.24 bits per heavy atom. The van der Waals surface area contributed by atoms with Gasteiger partial charge in [-0.2, -0.15) is 0 Å². The van der Waals surface area contributed by atoms with Crippen LogP contribution in [0.4, 0.5) is 0 Å². The second-order valence-electron chi connectivity index (χ2n) is 6.68. The van der Waals surface area contributed by atoms with E-state index in [0.29, 0.717) is 19.8 Å². The lowest BCUT2D eigenvalue weighted by Gasteiger charge is -2.30. The Labute approximate surface area is 147 Å². The molecule has 25 heavy (non-hydrogen) atoms. The molecule has 2 fully saturated rings. The van der Waals surface area contributed by atoms with Crippen molar-refractivity contribution in [3.8, 4) is 0 Å². The van der Waals surface area contributed by atoms with Crippen molar-refractivity contribution >= 4 is 5.78 Å². The van der Waals surface area contributed by atoms with Gasteiger partial charge >= 0.3 is 0 Å². The van der Waals surface area contributed by atoms with Gasteiger partial charge in [0.2, 0.25) is 0 Å². The summed E-state index contributed by atoms with van der Waals surface area (Å²) in [6.07, 6.45) is 0.0111. The maximum atomic E-state index is 12.6. The van der Waals surface area contributed by atoms with E-state index < -0.39 is 6.10 Å². The first kappa shape index (κ1) is 16.5. The predicted molar refractivity (Wildman–Crippen MR) is 92.9 cm³/mol. The van der Waals surface area contributed by atoms with Crippen molar-refractivity contribution in [1.82, 2.24) is 0 Å². The first-order valence-corrected chi connectivity index (χ1v) is 8.77. The van der Waals surface area contributed by atoms with Crippen molar-refractivity contribution in [2.24, 2.45) is 5.92 Å². The highest BCUT2D eigenvalue weighted by Crippen LogP contribution is 2.42. The van der Waals surface area contributed by atoms with Crippen molar-refractivity contribution in [3.05, 3.63) is 71.8 Å². The van der Waals surface area contributed by atoms with Crippen LogP contribution in [0.25, 0.3) is 0 Å². The SMILES string of the molecule is O=C1[C@H]2C[C@H]2O[C@H](COCc2ccccc2)[C@H]1OCc1ccccc1. The molecule has 1 saturated carbocycles. The summed E-state index contributed by atoms with van der Waals surface area (Å²) < 4.78 is 17.7. The Bertz CT molecular complexity index is 700. The zero-order valence-corrected chi connectivity index (χ0v) is 14.0. The third-order valence-corrected chi connectivity index (χ3v) is 4.73. The third-order valence-electron chi connectivity index (χ3n) is 4.73. The van der Waals surface area contributed by atoms with Gasteiger partial charge < -0.3 is 14.2 Å². The second kappa shape index (κ2) is 7.48. The molecule has 0 amide bonds. The highest BCUT2D eigenvalue weighted by molar-refractivity contribution is 5.89. The van der Waals surface area contributed by atoms with E-state index in [-0.39, 0.29) is 23.9 Å². The van der Waals surface area contributed by atoms with E-state index >= 15 is 0 Å². The summed E-state index contributed by atoms with van der Waals surface area (Å²) in [4.78, 5) is 12.6. The van der Waals surface area contributed by atoms with Crippen molar-refractivity contribution in [3.63, 3.8) is 0 Å². The van der Waals surface area contributed by atoms with Gasteiger partial charge in [-0.3, -0.25) is 4.79 Å². The van der Waals surface area contributed by atoms with Crippen molar-refractivity contribution in [2.75, 3.05) is 6.61 Å². The highest BCUT2D eigenvalue weighted by atomic mass is 16.6. The lowest BCUT2D eigenvalue weighted by atomic mass is 10.0. The largest absolute Gasteiger partial charge is 0.374 e. The summed E-state index contributed by atoms with van der Waals surface area (Å²) in [5, 5.41) is 0. The van der Waals surface area contributed by atoms with E-state index in [1.807, 2.05) is 60.7 Å². The maximum Gasteiger partial charge on any atom is 0.170 e. The first-order valence-electron chi connectivity index (χ1n) is 8.77. The lowest BCUT2D eigenvalue weighted by molar-refractivity contribution is -0.166. The van der Waals surface area contributed by atoms with Gasteiger partial charge in [-0.05, 0) is 17.5 Å². The van der Waals surface area contributed by atoms with Crippen LogP contribution in [0.3, 0.4) is 0 Å². The molecule has 130 valence electrons. The Morgan fingerprint density at radius 1 is 0.920 bits per heavy atom. The van der Waals surface area contributed by atoms with Gasteiger partial charge in [-0.1, -0.05) is 60.7 Å². The number of carbonyl (C=O) groups excluding carboxylic acids is 1. The second-order valence-corrected chi connectivity index (χ2v) is 6.68. The molecule has 1 saturated heterocycles. The van der Waals surface area contributed by atoms with E-state index in [2.05, 4.69) is 0 Å². The number of ketones is 1. The number of hydrogen-bond donors (Lipinski definition) is 0. The molecule has 0 aromatic heterocycles. The Balaban J connectivity index is 1.35. The Hall–Kier alpha value is -2.01. The van der Waals surface area contributed by atoms with Gasteiger partial charge in [0.25, 0.3) is 0 Å². The van der Waals surface area contributed by atoms with Crippen molar-refractivity contribution < 1.29 is 19.0 Å². The maximum absolute atomic E-state index is 12.6. The molecule has 2 aliphatic rings. The Morgan fingerprint density at radius 2 is 1.56 bits per heavy atom. The molecule has 4 atom stereocenters. The fourth-order valence-electron chi connectivity index (χ4n) is 3.26. The number of benzene rings is 2. The van der Waals surface area contributed by atoms with E-state index in [1.54, 1.807) is 0 Å². The van der Waals surface area contributed by atoms with E-state index in [0.717, 1.165) is 17.5 Å². The summed E-state index contributed by atoms with van der Waals surface area (Å²) in [7, 11) is 0. The van der Waals surface area contributed by atoms with Crippen LogP contribution in [0, 0.1) is 5.92 Å². The fraction of sp³-hybridized carbons (Fsp3) is 0.381. The van der Waals surface area contributed by atoms with E-state index in [9.17, 15) is 4.79 Å². The van der Waals surface area contributed by atoms with Crippen LogP contribution in [0.5, 0.6) is 0 Å². The van der Waals surface area contributed by atoms with Crippen LogP contribution in [0.1, 0.15) is 17.5 Å². The zero-order valence-electron chi connectivity index (χ0n) is 14.0. The minimum Gasteiger partial charge on any atom is -0.374 e. The van der Waals surface area contributed by atoms with Crippen molar-refractivity contribution in [1.29, 1.82) is 0 Å². The van der Waals surface area contributed by atoms with Gasteiger partial charge in [0.1, 0.15) is 12.2 Å². The molecule has 0 unspecified atom stereocenters. The number of hydrogen-bond acceptors (Lipinski definition) is 4. The summed E-state index contributed by atoms with van der Waals surface area (Å²) in [6, 6.07) is 19.9. The smallest absolute Gasteiger partial charge is 0.170 e. The molecule has 2 aromatic carbocycles. The molecule has 4 nitrogen and oxygen atoms in total. The van der Waals surface area contributed by atoms with Gasteiger partial charge in [0.05, 0.1) is 25.9 Å². The molecule has 1 aliphatic carbocycles. The van der Waals surface area contributed by atoms with E-state index in [1.165, 1.54) is 0 Å². The van der Waals surface area contributed by atoms with Gasteiger partial charge in [0, 0.05) is 5.92 Å². The quantitative estimate of drug-likeness (QED) is 0.778. The third kappa shape index (κ3) is 3.98. The van der Waals surface area contributed by atoms with E-state index in [4.69, 9.17) is 14.2 Å². The molecular formula is C21H22O4. The van der Waals surface area contributed by atoms with Crippen LogP contribution in [0.2, 0.25) is 0 Å². The lowest BCUT2D eigenvalue weighted by Crippen LogP contribution is -2.46. The molecule has 4 heteroatoms. The minimum atomic E-state index is -0.542. The van der Waals surface area contributed by atoms with Crippen LogP contribution in [-0.2, 0) is 32.2 Å². The van der Waals surface area contributed by atoms with Crippen LogP contribution in [0.15, 0.2) is 60.7 Å². The van der Waals surface area contributed by atoms with Crippen LogP contribution in [-0.4, -0.2) is 30.7 Å². The minimum absolute atomic E-state index is 0.0196. The number of carbonyl (C=O) groups is 1. The molecule has 0 N–H and O–H groups in total. The molecule has 0 spiro atoms. The number of fused-ring (bicyclic) bond motifs is 1. The van der Waals surface area contributed by atoms with Crippen LogP contribution >= 0.6 is 0 Å². The molecule has 1 aliphatic heterocycles. The average Bonchev–Trinajstić information content (AvgIpc) is 3.43. The standard InChI is InChI=1S/C21H22O4/c22-20-17-11-18(17)25-19(14-23-12-15-7-3-1-4-8-15)21(20)24-13-16-9-5-2-6-10-16/h1-10,17-19,21H,11-14H2/t17-,18+,19+,21+/m0/s1. The summed E-state index contributed by atoms with van der Waals surface area (Å²) in [6.45, 7) is 1.28. The highest BCUT2D eigenvalue weighted by Gasteiger charge is 2.54. The molecule has 0 bridgehead atoms. The van der Waals surface area contributed by atoms with Gasteiger partial charge in [-0.25, -0.2) is 0 Å². The normalized spacial score (nSPS) is 27.8. The number of rotatable bonds is 7. The molecule has 4 rings (SSSR count). The molecule has 0 radical (unpaired) electrons. The monoisotopic (exact) mass is 338 g/mol. The summed E-state index contributed by atoms with van der Waals surface area (Å²) >= 11 is 0. The summed E-state index contributed by atoms with van der Waals surface area (Å²) in [5.74, 6) is 0.187. The zero-order chi connectivity index (χ0) is 17.1. The average molecular weight is 338 g/mol. The summed E-state index contributed by atoms with van der Waals surface area (Å²) in [5.41, 5.74) is 2.16. The van der Waals surface area contributed by atoms with Crippen LogP contribution < -0.4 is 0 Å². The molecule has 1 heterocycles. The Kier molecular flexibility index (Phi) is 4.92. The number of Topliss-reactive ketones (excluding diaryl/α,β-unsaturated/α-hetero) is 1. The van der Waals surface area contributed by atoms with Gasteiger partial charge in [-0.15, -0.1) is 0 Å². The van der Waals surface area contributed by atoms with Gasteiger partial charge in [0.15, 0.2) is 5.78 Å².